The summed E-state index contributed by atoms with van der Waals surface area (Å²) in [5, 5.41) is 0. The molecule has 1 saturated heterocycles. The molecule has 0 aromatic rings. The molecule has 2 aliphatic rings. The van der Waals surface area contributed by atoms with Gasteiger partial charge < -0.3 is 5.73 Å². The normalized spacial score (nSPS) is 46.1. The molecule has 2 nitrogen and oxygen atoms in total. The quantitative estimate of drug-likeness (QED) is 0.781. The molecule has 0 spiro atoms. The van der Waals surface area contributed by atoms with Gasteiger partial charge in [0, 0.05) is 18.6 Å². The molecular formula is C14H28N2. The smallest absolute Gasteiger partial charge is 0.0126 e. The summed E-state index contributed by atoms with van der Waals surface area (Å²) >= 11 is 0. The van der Waals surface area contributed by atoms with Gasteiger partial charge in [-0.15, -0.1) is 0 Å². The fraction of sp³-hybridized carbons (Fsp3) is 1.00. The van der Waals surface area contributed by atoms with Crippen molar-refractivity contribution in [1.82, 2.24) is 4.90 Å². The molecule has 0 bridgehead atoms. The van der Waals surface area contributed by atoms with Gasteiger partial charge in [0.05, 0.1) is 0 Å². The van der Waals surface area contributed by atoms with E-state index in [1.165, 1.54) is 32.2 Å². The van der Waals surface area contributed by atoms with Crippen LogP contribution in [-0.2, 0) is 0 Å². The van der Waals surface area contributed by atoms with Gasteiger partial charge >= 0.3 is 0 Å². The molecular weight excluding hydrogens is 196 g/mol. The van der Waals surface area contributed by atoms with Crippen molar-refractivity contribution in [3.63, 3.8) is 0 Å². The Morgan fingerprint density at radius 3 is 2.50 bits per heavy atom. The summed E-state index contributed by atoms with van der Waals surface area (Å²) in [6, 6.07) is 1.58. The number of hydrogen-bond donors (Lipinski definition) is 1. The lowest BCUT2D eigenvalue weighted by Gasteiger charge is -2.41. The summed E-state index contributed by atoms with van der Waals surface area (Å²) in [5.74, 6) is 2.56. The van der Waals surface area contributed by atoms with Crippen molar-refractivity contribution in [3.05, 3.63) is 0 Å². The van der Waals surface area contributed by atoms with E-state index < -0.39 is 0 Å². The molecule has 0 radical (unpaired) electrons. The van der Waals surface area contributed by atoms with Crippen molar-refractivity contribution in [2.75, 3.05) is 13.1 Å². The molecule has 5 unspecified atom stereocenters. The van der Waals surface area contributed by atoms with Crippen LogP contribution in [0.3, 0.4) is 0 Å². The summed E-state index contributed by atoms with van der Waals surface area (Å²) in [4.78, 5) is 2.76. The molecule has 1 heterocycles. The lowest BCUT2D eigenvalue weighted by Crippen LogP contribution is -2.45. The zero-order valence-electron chi connectivity index (χ0n) is 11.2. The van der Waals surface area contributed by atoms with Crippen LogP contribution < -0.4 is 5.73 Å². The zero-order valence-corrected chi connectivity index (χ0v) is 11.2. The molecule has 0 aromatic carbocycles. The minimum Gasteiger partial charge on any atom is -0.330 e. The fourth-order valence-electron chi connectivity index (χ4n) is 3.77. The second kappa shape index (κ2) is 5.05. The van der Waals surface area contributed by atoms with E-state index in [-0.39, 0.29) is 0 Å². The van der Waals surface area contributed by atoms with Crippen molar-refractivity contribution in [2.45, 2.75) is 58.5 Å². The Kier molecular flexibility index (Phi) is 3.91. The molecule has 0 amide bonds. The second-order valence-corrected chi connectivity index (χ2v) is 6.35. The summed E-state index contributed by atoms with van der Waals surface area (Å²) < 4.78 is 0. The van der Waals surface area contributed by atoms with E-state index in [0.717, 1.165) is 36.4 Å². The van der Waals surface area contributed by atoms with Crippen molar-refractivity contribution < 1.29 is 0 Å². The Hall–Kier alpha value is -0.0800. The molecule has 16 heavy (non-hydrogen) atoms. The van der Waals surface area contributed by atoms with Crippen LogP contribution in [0.4, 0.5) is 0 Å². The SMILES string of the molecule is CC1CCC(C)C(N2CC(CN)CC2C)C1. The molecule has 2 heteroatoms. The average molecular weight is 224 g/mol. The molecule has 1 saturated carbocycles. The highest BCUT2D eigenvalue weighted by atomic mass is 15.2. The van der Waals surface area contributed by atoms with E-state index in [1.54, 1.807) is 0 Å². The Morgan fingerprint density at radius 2 is 1.88 bits per heavy atom. The first-order valence-electron chi connectivity index (χ1n) is 7.07. The van der Waals surface area contributed by atoms with Gasteiger partial charge in [0.1, 0.15) is 0 Å². The second-order valence-electron chi connectivity index (χ2n) is 6.35. The fourth-order valence-corrected chi connectivity index (χ4v) is 3.77. The highest BCUT2D eigenvalue weighted by molar-refractivity contribution is 4.92. The third-order valence-corrected chi connectivity index (χ3v) is 4.88. The van der Waals surface area contributed by atoms with Gasteiger partial charge in [0.2, 0.25) is 0 Å². The largest absolute Gasteiger partial charge is 0.330 e. The van der Waals surface area contributed by atoms with Gasteiger partial charge in [-0.2, -0.15) is 0 Å². The molecule has 2 rings (SSSR count). The molecule has 1 aliphatic carbocycles. The molecule has 1 aliphatic heterocycles. The summed E-state index contributed by atoms with van der Waals surface area (Å²) in [7, 11) is 0. The maximum Gasteiger partial charge on any atom is 0.0126 e. The number of hydrogen-bond acceptors (Lipinski definition) is 2. The van der Waals surface area contributed by atoms with E-state index in [4.69, 9.17) is 5.73 Å². The first kappa shape index (κ1) is 12.4. The predicted octanol–water partition coefficient (Wildman–Crippen LogP) is 2.48. The van der Waals surface area contributed by atoms with Gasteiger partial charge in [0.25, 0.3) is 0 Å². The summed E-state index contributed by atoms with van der Waals surface area (Å²) in [6.07, 6.45) is 5.57. The first-order chi connectivity index (χ1) is 7.61. The van der Waals surface area contributed by atoms with E-state index >= 15 is 0 Å². The molecule has 0 aromatic heterocycles. The van der Waals surface area contributed by atoms with Gasteiger partial charge in [-0.3, -0.25) is 4.90 Å². The van der Waals surface area contributed by atoms with Crippen LogP contribution in [-0.4, -0.2) is 30.1 Å². The highest BCUT2D eigenvalue weighted by Crippen LogP contribution is 2.36. The lowest BCUT2D eigenvalue weighted by atomic mass is 9.79. The van der Waals surface area contributed by atoms with E-state index in [1.807, 2.05) is 0 Å². The standard InChI is InChI=1S/C14H28N2/c1-10-4-5-11(2)14(6-10)16-9-13(8-15)7-12(16)3/h10-14H,4-9,15H2,1-3H3. The van der Waals surface area contributed by atoms with Gasteiger partial charge in [-0.1, -0.05) is 20.3 Å². The summed E-state index contributed by atoms with van der Waals surface area (Å²) in [6.45, 7) is 9.37. The number of likely N-dealkylation sites (tertiary alicyclic amines) is 1. The first-order valence-corrected chi connectivity index (χ1v) is 7.07. The average Bonchev–Trinajstić information content (AvgIpc) is 2.63. The van der Waals surface area contributed by atoms with Crippen LogP contribution in [0.5, 0.6) is 0 Å². The van der Waals surface area contributed by atoms with Crippen LogP contribution in [0.2, 0.25) is 0 Å². The monoisotopic (exact) mass is 224 g/mol. The lowest BCUT2D eigenvalue weighted by molar-refractivity contribution is 0.0835. The van der Waals surface area contributed by atoms with Crippen molar-refractivity contribution in [3.8, 4) is 0 Å². The molecule has 94 valence electrons. The Bertz CT molecular complexity index is 229. The van der Waals surface area contributed by atoms with Crippen LogP contribution in [0, 0.1) is 17.8 Å². The van der Waals surface area contributed by atoms with E-state index in [0.29, 0.717) is 0 Å². The third-order valence-electron chi connectivity index (χ3n) is 4.88. The Morgan fingerprint density at radius 1 is 1.12 bits per heavy atom. The van der Waals surface area contributed by atoms with Gasteiger partial charge in [-0.05, 0) is 50.5 Å². The summed E-state index contributed by atoms with van der Waals surface area (Å²) in [5.41, 5.74) is 5.82. The number of rotatable bonds is 2. The van der Waals surface area contributed by atoms with Crippen LogP contribution in [0.15, 0.2) is 0 Å². The minimum absolute atomic E-state index is 0.749. The molecule has 5 atom stereocenters. The maximum absolute atomic E-state index is 5.82. The van der Waals surface area contributed by atoms with Crippen LogP contribution >= 0.6 is 0 Å². The third kappa shape index (κ3) is 2.43. The Labute approximate surface area is 101 Å². The molecule has 2 N–H and O–H groups in total. The zero-order chi connectivity index (χ0) is 11.7. The number of nitrogens with two attached hydrogens (primary N) is 1. The van der Waals surface area contributed by atoms with E-state index in [9.17, 15) is 0 Å². The van der Waals surface area contributed by atoms with Crippen molar-refractivity contribution in [1.29, 1.82) is 0 Å². The van der Waals surface area contributed by atoms with Gasteiger partial charge in [-0.25, -0.2) is 0 Å². The van der Waals surface area contributed by atoms with Crippen molar-refractivity contribution in [2.24, 2.45) is 23.5 Å². The van der Waals surface area contributed by atoms with Crippen LogP contribution in [0.25, 0.3) is 0 Å². The van der Waals surface area contributed by atoms with E-state index in [2.05, 4.69) is 25.7 Å². The Balaban J connectivity index is 2.00. The predicted molar refractivity (Wildman–Crippen MR) is 69.3 cm³/mol. The number of nitrogens with zero attached hydrogens (tertiary/aromatic N) is 1. The van der Waals surface area contributed by atoms with Crippen molar-refractivity contribution >= 4 is 0 Å². The topological polar surface area (TPSA) is 29.3 Å². The minimum atomic E-state index is 0.749. The highest BCUT2D eigenvalue weighted by Gasteiger charge is 2.37. The van der Waals surface area contributed by atoms with Crippen LogP contribution in [0.1, 0.15) is 46.5 Å². The molecule has 2 fully saturated rings. The van der Waals surface area contributed by atoms with Gasteiger partial charge in [0.15, 0.2) is 0 Å². The maximum atomic E-state index is 5.82.